The average molecular weight is 295 g/mol. The van der Waals surface area contributed by atoms with E-state index in [4.69, 9.17) is 0 Å². The van der Waals surface area contributed by atoms with E-state index in [1.54, 1.807) is 0 Å². The van der Waals surface area contributed by atoms with Crippen LogP contribution in [0.1, 0.15) is 32.8 Å². The maximum atomic E-state index is 11.1. The molecule has 0 saturated carbocycles. The number of non-ortho nitro benzene ring substituents is 1. The van der Waals surface area contributed by atoms with Gasteiger partial charge in [-0.25, -0.2) is 0 Å². The van der Waals surface area contributed by atoms with Crippen molar-refractivity contribution in [2.24, 2.45) is 5.92 Å². The summed E-state index contributed by atoms with van der Waals surface area (Å²) in [5.41, 5.74) is 0.0855. The summed E-state index contributed by atoms with van der Waals surface area (Å²) in [5.74, 6) is 0.464. The Kier molecular flexibility index (Phi) is 6.23. The highest BCUT2D eigenvalue weighted by atomic mass is 16.6. The molecule has 1 N–H and O–H groups in total. The zero-order valence-electron chi connectivity index (χ0n) is 12.5. The summed E-state index contributed by atoms with van der Waals surface area (Å²) in [6.45, 7) is 6.94. The van der Waals surface area contributed by atoms with E-state index >= 15 is 0 Å². The van der Waals surface area contributed by atoms with E-state index in [9.17, 15) is 20.2 Å². The van der Waals surface area contributed by atoms with Crippen LogP contribution in [-0.2, 0) is 6.42 Å². The number of likely N-dealkylation sites (N-methyl/N-ethyl adjacent to an activating group) is 1. The minimum atomic E-state index is -0.618. The molecule has 7 heteroatoms. The van der Waals surface area contributed by atoms with E-state index in [0.717, 1.165) is 19.0 Å². The molecule has 116 valence electrons. The highest BCUT2D eigenvalue weighted by molar-refractivity contribution is 5.49. The summed E-state index contributed by atoms with van der Waals surface area (Å²) in [4.78, 5) is 20.7. The minimum absolute atomic E-state index is 0.121. The Balaban J connectivity index is 3.04. The van der Waals surface area contributed by atoms with Gasteiger partial charge in [0.1, 0.15) is 0 Å². The number of benzene rings is 1. The first-order valence-corrected chi connectivity index (χ1v) is 7.00. The molecule has 0 bridgehead atoms. The van der Waals surface area contributed by atoms with Crippen molar-refractivity contribution in [3.8, 4) is 0 Å². The fourth-order valence-electron chi connectivity index (χ4n) is 2.37. The summed E-state index contributed by atoms with van der Waals surface area (Å²) < 4.78 is 0. The van der Waals surface area contributed by atoms with Crippen molar-refractivity contribution < 1.29 is 9.85 Å². The number of hydrogen-bond donors (Lipinski definition) is 1. The van der Waals surface area contributed by atoms with Crippen LogP contribution >= 0.6 is 0 Å². The highest BCUT2D eigenvalue weighted by Gasteiger charge is 2.22. The molecule has 0 aromatic heterocycles. The van der Waals surface area contributed by atoms with Crippen LogP contribution in [0.15, 0.2) is 18.2 Å². The van der Waals surface area contributed by atoms with E-state index in [1.165, 1.54) is 12.1 Å². The van der Waals surface area contributed by atoms with Crippen LogP contribution in [0.25, 0.3) is 0 Å². The van der Waals surface area contributed by atoms with Crippen LogP contribution in [0, 0.1) is 26.1 Å². The molecule has 21 heavy (non-hydrogen) atoms. The van der Waals surface area contributed by atoms with E-state index in [1.807, 2.05) is 6.92 Å². The Morgan fingerprint density at radius 1 is 1.19 bits per heavy atom. The van der Waals surface area contributed by atoms with Gasteiger partial charge in [-0.2, -0.15) is 0 Å². The normalized spacial score (nSPS) is 12.4. The van der Waals surface area contributed by atoms with Crippen LogP contribution in [0.4, 0.5) is 11.4 Å². The van der Waals surface area contributed by atoms with E-state index in [0.29, 0.717) is 17.9 Å². The Labute approximate surface area is 123 Å². The first kappa shape index (κ1) is 17.0. The number of nitrogens with one attached hydrogen (secondary N) is 1. The van der Waals surface area contributed by atoms with Gasteiger partial charge in [0.25, 0.3) is 11.4 Å². The Morgan fingerprint density at radius 2 is 1.86 bits per heavy atom. The van der Waals surface area contributed by atoms with Crippen LogP contribution in [0.5, 0.6) is 0 Å². The SMILES string of the molecule is CCNC(Cc1ccc([N+](=O)[O-])cc1[N+](=O)[O-])CC(C)C. The largest absolute Gasteiger partial charge is 0.314 e. The predicted molar refractivity (Wildman–Crippen MR) is 80.4 cm³/mol. The number of nitro groups is 2. The van der Waals surface area contributed by atoms with Crippen molar-refractivity contribution in [3.63, 3.8) is 0 Å². The summed E-state index contributed by atoms with van der Waals surface area (Å²) in [5, 5.41) is 25.2. The summed E-state index contributed by atoms with van der Waals surface area (Å²) >= 11 is 0. The lowest BCUT2D eigenvalue weighted by Gasteiger charge is -2.19. The lowest BCUT2D eigenvalue weighted by Crippen LogP contribution is -2.32. The summed E-state index contributed by atoms with van der Waals surface area (Å²) in [7, 11) is 0. The van der Waals surface area contributed by atoms with Gasteiger partial charge in [-0.3, -0.25) is 20.2 Å². The molecule has 1 unspecified atom stereocenters. The second-order valence-electron chi connectivity index (χ2n) is 5.42. The number of rotatable bonds is 8. The van der Waals surface area contributed by atoms with Crippen molar-refractivity contribution in [1.82, 2.24) is 5.32 Å². The van der Waals surface area contributed by atoms with Gasteiger partial charge >= 0.3 is 0 Å². The Bertz CT molecular complexity index is 517. The first-order valence-electron chi connectivity index (χ1n) is 7.00. The minimum Gasteiger partial charge on any atom is -0.314 e. The molecule has 1 aromatic carbocycles. The molecule has 0 saturated heterocycles. The number of hydrogen-bond acceptors (Lipinski definition) is 5. The topological polar surface area (TPSA) is 98.3 Å². The fourth-order valence-corrected chi connectivity index (χ4v) is 2.37. The molecule has 0 aliphatic carbocycles. The molecule has 0 amide bonds. The molecule has 0 spiro atoms. The van der Waals surface area contributed by atoms with E-state index in [2.05, 4.69) is 19.2 Å². The van der Waals surface area contributed by atoms with Gasteiger partial charge in [0.05, 0.1) is 15.9 Å². The Hall–Kier alpha value is -2.02. The smallest absolute Gasteiger partial charge is 0.279 e. The first-order chi connectivity index (χ1) is 9.85. The molecule has 1 rings (SSSR count). The van der Waals surface area contributed by atoms with Gasteiger partial charge in [0, 0.05) is 17.7 Å². The zero-order chi connectivity index (χ0) is 16.0. The molecule has 7 nitrogen and oxygen atoms in total. The predicted octanol–water partition coefficient (Wildman–Crippen LogP) is 3.07. The van der Waals surface area contributed by atoms with Gasteiger partial charge in [0.15, 0.2) is 0 Å². The van der Waals surface area contributed by atoms with Crippen molar-refractivity contribution in [1.29, 1.82) is 0 Å². The standard InChI is InChI=1S/C14H21N3O4/c1-4-15-12(7-10(2)3)8-11-5-6-13(16(18)19)9-14(11)17(20)21/h5-6,9-10,12,15H,4,7-8H2,1-3H3. The molecule has 0 aliphatic rings. The van der Waals surface area contributed by atoms with Gasteiger partial charge in [-0.1, -0.05) is 20.8 Å². The van der Waals surface area contributed by atoms with Crippen LogP contribution < -0.4 is 5.32 Å². The lowest BCUT2D eigenvalue weighted by atomic mass is 9.96. The quantitative estimate of drug-likeness (QED) is 0.587. The van der Waals surface area contributed by atoms with E-state index < -0.39 is 9.85 Å². The number of nitro benzene ring substituents is 2. The van der Waals surface area contributed by atoms with Crippen molar-refractivity contribution in [2.75, 3.05) is 6.54 Å². The number of nitrogens with zero attached hydrogens (tertiary/aromatic N) is 2. The van der Waals surface area contributed by atoms with Crippen LogP contribution in [-0.4, -0.2) is 22.4 Å². The molecule has 1 aromatic rings. The Morgan fingerprint density at radius 3 is 2.33 bits per heavy atom. The molecule has 0 radical (unpaired) electrons. The van der Waals surface area contributed by atoms with Gasteiger partial charge in [-0.05, 0) is 31.4 Å². The third-order valence-corrected chi connectivity index (χ3v) is 3.19. The van der Waals surface area contributed by atoms with Gasteiger partial charge < -0.3 is 5.32 Å². The van der Waals surface area contributed by atoms with Crippen LogP contribution in [0.2, 0.25) is 0 Å². The molecule has 0 fully saturated rings. The molecule has 0 heterocycles. The molecule has 0 aliphatic heterocycles. The summed E-state index contributed by atoms with van der Waals surface area (Å²) in [6, 6.07) is 3.96. The monoisotopic (exact) mass is 295 g/mol. The highest BCUT2D eigenvalue weighted by Crippen LogP contribution is 2.26. The van der Waals surface area contributed by atoms with Crippen molar-refractivity contribution >= 4 is 11.4 Å². The van der Waals surface area contributed by atoms with Crippen molar-refractivity contribution in [2.45, 2.75) is 39.7 Å². The molecule has 1 atom stereocenters. The average Bonchev–Trinajstić information content (AvgIpc) is 2.38. The molecular formula is C14H21N3O4. The van der Waals surface area contributed by atoms with E-state index in [-0.39, 0.29) is 17.4 Å². The van der Waals surface area contributed by atoms with Gasteiger partial charge in [0.2, 0.25) is 0 Å². The fraction of sp³-hybridized carbons (Fsp3) is 0.571. The van der Waals surface area contributed by atoms with Gasteiger partial charge in [-0.15, -0.1) is 0 Å². The summed E-state index contributed by atoms with van der Waals surface area (Å²) in [6.07, 6.45) is 1.38. The maximum absolute atomic E-state index is 11.1. The van der Waals surface area contributed by atoms with Crippen molar-refractivity contribution in [3.05, 3.63) is 44.0 Å². The maximum Gasteiger partial charge on any atom is 0.279 e. The third-order valence-electron chi connectivity index (χ3n) is 3.19. The van der Waals surface area contributed by atoms with Crippen LogP contribution in [0.3, 0.4) is 0 Å². The second kappa shape index (κ2) is 7.68. The second-order valence-corrected chi connectivity index (χ2v) is 5.42. The molecular weight excluding hydrogens is 274 g/mol. The lowest BCUT2D eigenvalue weighted by molar-refractivity contribution is -0.394. The third kappa shape index (κ3) is 5.11. The zero-order valence-corrected chi connectivity index (χ0v) is 12.5.